The van der Waals surface area contributed by atoms with Crippen molar-refractivity contribution in [2.45, 2.75) is 39.2 Å². The lowest BCUT2D eigenvalue weighted by Gasteiger charge is -2.32. The number of aliphatic carboxylic acids is 1. The number of carbonyl (C=O) groups excluding carboxylic acids is 2. The van der Waals surface area contributed by atoms with Crippen molar-refractivity contribution < 1.29 is 23.9 Å². The van der Waals surface area contributed by atoms with Gasteiger partial charge in [-0.2, -0.15) is 0 Å². The van der Waals surface area contributed by atoms with E-state index in [9.17, 15) is 23.9 Å². The van der Waals surface area contributed by atoms with Crippen molar-refractivity contribution in [1.82, 2.24) is 10.2 Å². The van der Waals surface area contributed by atoms with Crippen LogP contribution in [0.15, 0.2) is 24.3 Å². The van der Waals surface area contributed by atoms with Crippen LogP contribution in [0.25, 0.3) is 0 Å². The zero-order valence-electron chi connectivity index (χ0n) is 15.6. The smallest absolute Gasteiger partial charge is 0.326 e. The SMILES string of the molecule is CC(C)CC(NC(=O)C1CCCN(C(=O)Nc2ccccc2F)C1)C(=O)O. The molecule has 1 aromatic carbocycles. The first-order chi connectivity index (χ1) is 12.8. The first-order valence-electron chi connectivity index (χ1n) is 9.11. The van der Waals surface area contributed by atoms with Gasteiger partial charge in [0.1, 0.15) is 11.9 Å². The third-order valence-corrected chi connectivity index (χ3v) is 4.52. The number of likely N-dealkylation sites (tertiary alicyclic amines) is 1. The summed E-state index contributed by atoms with van der Waals surface area (Å²) in [6.45, 7) is 4.40. The van der Waals surface area contributed by atoms with Crippen LogP contribution < -0.4 is 10.6 Å². The number of carbonyl (C=O) groups is 3. The standard InChI is InChI=1S/C19H26FN3O4/c1-12(2)10-16(18(25)26)21-17(24)13-6-5-9-23(11-13)19(27)22-15-8-4-3-7-14(15)20/h3-4,7-8,12-13,16H,5-6,9-11H2,1-2H3,(H,21,24)(H,22,27)(H,25,26). The van der Waals surface area contributed by atoms with Gasteiger partial charge < -0.3 is 20.6 Å². The number of para-hydroxylation sites is 1. The average Bonchev–Trinajstić information content (AvgIpc) is 2.62. The maximum atomic E-state index is 13.7. The number of nitrogens with zero attached hydrogens (tertiary/aromatic N) is 1. The number of amides is 3. The topological polar surface area (TPSA) is 98.7 Å². The Morgan fingerprint density at radius 3 is 2.63 bits per heavy atom. The molecule has 0 aromatic heterocycles. The van der Waals surface area contributed by atoms with Crippen molar-refractivity contribution in [3.05, 3.63) is 30.1 Å². The van der Waals surface area contributed by atoms with Crippen molar-refractivity contribution in [3.8, 4) is 0 Å². The van der Waals surface area contributed by atoms with E-state index in [1.807, 2.05) is 13.8 Å². The summed E-state index contributed by atoms with van der Waals surface area (Å²) < 4.78 is 13.7. The van der Waals surface area contributed by atoms with Gasteiger partial charge in [0, 0.05) is 13.1 Å². The van der Waals surface area contributed by atoms with Crippen molar-refractivity contribution in [1.29, 1.82) is 0 Å². The largest absolute Gasteiger partial charge is 0.480 e. The third kappa shape index (κ3) is 5.94. The quantitative estimate of drug-likeness (QED) is 0.708. The molecule has 3 amide bonds. The second kappa shape index (κ2) is 9.34. The lowest BCUT2D eigenvalue weighted by molar-refractivity contribution is -0.143. The van der Waals surface area contributed by atoms with Crippen molar-refractivity contribution in [2.75, 3.05) is 18.4 Å². The van der Waals surface area contributed by atoms with Crippen LogP contribution in [0.2, 0.25) is 0 Å². The molecule has 2 unspecified atom stereocenters. The van der Waals surface area contributed by atoms with Gasteiger partial charge in [-0.15, -0.1) is 0 Å². The Kier molecular flexibility index (Phi) is 7.15. The molecule has 27 heavy (non-hydrogen) atoms. The van der Waals surface area contributed by atoms with Gasteiger partial charge in [-0.25, -0.2) is 14.0 Å². The highest BCUT2D eigenvalue weighted by Gasteiger charge is 2.31. The summed E-state index contributed by atoms with van der Waals surface area (Å²) in [5.74, 6) is -2.33. The normalized spacial score (nSPS) is 18.1. The van der Waals surface area contributed by atoms with Gasteiger partial charge in [0.25, 0.3) is 0 Å². The zero-order valence-corrected chi connectivity index (χ0v) is 15.6. The van der Waals surface area contributed by atoms with Crippen LogP contribution in [0.1, 0.15) is 33.1 Å². The van der Waals surface area contributed by atoms with Gasteiger partial charge in [-0.05, 0) is 37.3 Å². The summed E-state index contributed by atoms with van der Waals surface area (Å²) in [6, 6.07) is 4.44. The Morgan fingerprint density at radius 2 is 2.00 bits per heavy atom. The number of halogens is 1. The van der Waals surface area contributed by atoms with E-state index in [0.29, 0.717) is 25.8 Å². The minimum absolute atomic E-state index is 0.0805. The van der Waals surface area contributed by atoms with Crippen molar-refractivity contribution in [3.63, 3.8) is 0 Å². The van der Waals surface area contributed by atoms with Crippen molar-refractivity contribution >= 4 is 23.6 Å². The molecular weight excluding hydrogens is 353 g/mol. The predicted molar refractivity (Wildman–Crippen MR) is 98.7 cm³/mol. The van der Waals surface area contributed by atoms with Crippen molar-refractivity contribution in [2.24, 2.45) is 11.8 Å². The summed E-state index contributed by atoms with van der Waals surface area (Å²) in [5.41, 5.74) is 0.0805. The van der Waals surface area contributed by atoms with E-state index in [-0.39, 0.29) is 24.1 Å². The maximum absolute atomic E-state index is 13.7. The van der Waals surface area contributed by atoms with Gasteiger partial charge in [0.15, 0.2) is 0 Å². The molecule has 0 spiro atoms. The summed E-state index contributed by atoms with van der Waals surface area (Å²) in [6.07, 6.45) is 1.53. The molecule has 1 aliphatic heterocycles. The first-order valence-corrected chi connectivity index (χ1v) is 9.11. The van der Waals surface area contributed by atoms with Gasteiger partial charge >= 0.3 is 12.0 Å². The molecule has 2 atom stereocenters. The summed E-state index contributed by atoms with van der Waals surface area (Å²) >= 11 is 0. The number of rotatable bonds is 6. The minimum atomic E-state index is -1.07. The average molecular weight is 379 g/mol. The molecule has 0 saturated carbocycles. The molecule has 8 heteroatoms. The Labute approximate surface area is 157 Å². The lowest BCUT2D eigenvalue weighted by Crippen LogP contribution is -2.50. The minimum Gasteiger partial charge on any atom is -0.480 e. The highest BCUT2D eigenvalue weighted by atomic mass is 19.1. The third-order valence-electron chi connectivity index (χ3n) is 4.52. The van der Waals surface area contributed by atoms with Crippen LogP contribution in [0, 0.1) is 17.7 Å². The highest BCUT2D eigenvalue weighted by Crippen LogP contribution is 2.20. The van der Waals surface area contributed by atoms with Crippen LogP contribution >= 0.6 is 0 Å². The van der Waals surface area contributed by atoms with Crippen LogP contribution in [-0.2, 0) is 9.59 Å². The number of anilines is 1. The van der Waals surface area contributed by atoms with E-state index in [4.69, 9.17) is 0 Å². The number of hydrogen-bond donors (Lipinski definition) is 3. The molecule has 7 nitrogen and oxygen atoms in total. The zero-order chi connectivity index (χ0) is 20.0. The van der Waals surface area contributed by atoms with E-state index in [0.717, 1.165) is 0 Å². The van der Waals surface area contributed by atoms with Crippen LogP contribution in [0.5, 0.6) is 0 Å². The molecule has 0 aliphatic carbocycles. The fourth-order valence-corrected chi connectivity index (χ4v) is 3.11. The van der Waals surface area contributed by atoms with E-state index < -0.39 is 29.8 Å². The first kappa shape index (κ1) is 20.7. The summed E-state index contributed by atoms with van der Waals surface area (Å²) in [4.78, 5) is 37.7. The number of benzene rings is 1. The molecule has 1 fully saturated rings. The maximum Gasteiger partial charge on any atom is 0.326 e. The second-order valence-corrected chi connectivity index (χ2v) is 7.22. The molecule has 148 valence electrons. The second-order valence-electron chi connectivity index (χ2n) is 7.22. The molecule has 0 bridgehead atoms. The molecular formula is C19H26FN3O4. The molecule has 1 saturated heterocycles. The molecule has 3 N–H and O–H groups in total. The monoisotopic (exact) mass is 379 g/mol. The fourth-order valence-electron chi connectivity index (χ4n) is 3.11. The van der Waals surface area contributed by atoms with Gasteiger partial charge in [-0.1, -0.05) is 26.0 Å². The molecule has 1 aliphatic rings. The van der Waals surface area contributed by atoms with E-state index in [2.05, 4.69) is 10.6 Å². The molecule has 2 rings (SSSR count). The van der Waals surface area contributed by atoms with Gasteiger partial charge in [-0.3, -0.25) is 4.79 Å². The van der Waals surface area contributed by atoms with E-state index in [1.165, 1.54) is 23.1 Å². The summed E-state index contributed by atoms with van der Waals surface area (Å²) in [7, 11) is 0. The molecule has 0 radical (unpaired) electrons. The number of urea groups is 1. The lowest BCUT2D eigenvalue weighted by atomic mass is 9.96. The number of nitrogens with one attached hydrogen (secondary N) is 2. The Hall–Kier alpha value is -2.64. The van der Waals surface area contributed by atoms with Crippen LogP contribution in [-0.4, -0.2) is 47.0 Å². The Morgan fingerprint density at radius 1 is 1.30 bits per heavy atom. The van der Waals surface area contributed by atoms with Gasteiger partial charge in [0.2, 0.25) is 5.91 Å². The Bertz CT molecular complexity index is 695. The fraction of sp³-hybridized carbons (Fsp3) is 0.526. The van der Waals surface area contributed by atoms with Crippen LogP contribution in [0.3, 0.4) is 0 Å². The summed E-state index contributed by atoms with van der Waals surface area (Å²) in [5, 5.41) is 14.4. The van der Waals surface area contributed by atoms with E-state index in [1.54, 1.807) is 6.07 Å². The number of piperidine rings is 1. The van der Waals surface area contributed by atoms with Gasteiger partial charge in [0.05, 0.1) is 11.6 Å². The number of carboxylic acids is 1. The number of hydrogen-bond acceptors (Lipinski definition) is 3. The Balaban J connectivity index is 1.96. The number of carboxylic acid groups (broad SMARTS) is 1. The molecule has 1 aromatic rings. The van der Waals surface area contributed by atoms with E-state index >= 15 is 0 Å². The molecule has 1 heterocycles. The highest BCUT2D eigenvalue weighted by molar-refractivity contribution is 5.90. The predicted octanol–water partition coefficient (Wildman–Crippen LogP) is 2.69. The van der Waals surface area contributed by atoms with Crippen LogP contribution in [0.4, 0.5) is 14.9 Å².